The maximum atomic E-state index is 13.5. The summed E-state index contributed by atoms with van der Waals surface area (Å²) in [4.78, 5) is 20.0. The minimum atomic E-state index is -0.0804. The SMILES string of the molecule is Cc1cc(C)c2nc(C)cc(C(=O)N3CCC[C@H]3c3nonc3C)c2c1. The van der Waals surface area contributed by atoms with E-state index in [-0.39, 0.29) is 11.9 Å². The summed E-state index contributed by atoms with van der Waals surface area (Å²) in [5.74, 6) is 0.0235. The second kappa shape index (κ2) is 6.20. The van der Waals surface area contributed by atoms with E-state index in [2.05, 4.69) is 27.4 Å². The first-order valence-electron chi connectivity index (χ1n) is 8.94. The van der Waals surface area contributed by atoms with Crippen LogP contribution in [0.25, 0.3) is 10.9 Å². The Hall–Kier alpha value is -2.76. The van der Waals surface area contributed by atoms with Crippen molar-refractivity contribution in [2.75, 3.05) is 6.54 Å². The first kappa shape index (κ1) is 16.7. The Morgan fingerprint density at radius 1 is 1.15 bits per heavy atom. The molecule has 1 aliphatic rings. The molecule has 1 aromatic carbocycles. The van der Waals surface area contributed by atoms with Crippen LogP contribution in [0.2, 0.25) is 0 Å². The van der Waals surface area contributed by atoms with Crippen molar-refractivity contribution in [2.45, 2.75) is 46.6 Å². The molecule has 6 heteroatoms. The number of hydrogen-bond donors (Lipinski definition) is 0. The average Bonchev–Trinajstić information content (AvgIpc) is 3.22. The van der Waals surface area contributed by atoms with Crippen molar-refractivity contribution < 1.29 is 9.42 Å². The van der Waals surface area contributed by atoms with Gasteiger partial charge in [-0.15, -0.1) is 0 Å². The van der Waals surface area contributed by atoms with E-state index in [0.29, 0.717) is 12.1 Å². The zero-order valence-corrected chi connectivity index (χ0v) is 15.5. The third-order valence-electron chi connectivity index (χ3n) is 5.12. The van der Waals surface area contributed by atoms with Gasteiger partial charge in [0.05, 0.1) is 17.1 Å². The predicted molar refractivity (Wildman–Crippen MR) is 98.0 cm³/mol. The van der Waals surface area contributed by atoms with Gasteiger partial charge in [-0.2, -0.15) is 0 Å². The van der Waals surface area contributed by atoms with Crippen LogP contribution in [-0.2, 0) is 0 Å². The molecule has 1 saturated heterocycles. The van der Waals surface area contributed by atoms with Crippen LogP contribution in [0, 0.1) is 27.7 Å². The molecule has 1 fully saturated rings. The molecule has 4 rings (SSSR count). The van der Waals surface area contributed by atoms with E-state index in [1.807, 2.05) is 38.7 Å². The summed E-state index contributed by atoms with van der Waals surface area (Å²) in [6.45, 7) is 8.60. The summed E-state index contributed by atoms with van der Waals surface area (Å²) in [6, 6.07) is 5.97. The molecule has 26 heavy (non-hydrogen) atoms. The zero-order chi connectivity index (χ0) is 18.4. The summed E-state index contributed by atoms with van der Waals surface area (Å²) < 4.78 is 4.86. The molecule has 6 nitrogen and oxygen atoms in total. The molecular weight excluding hydrogens is 328 g/mol. The molecule has 0 radical (unpaired) electrons. The van der Waals surface area contributed by atoms with Gasteiger partial charge < -0.3 is 4.90 Å². The van der Waals surface area contributed by atoms with E-state index in [4.69, 9.17) is 4.63 Å². The third kappa shape index (κ3) is 2.66. The average molecular weight is 350 g/mol. The van der Waals surface area contributed by atoms with Crippen LogP contribution in [0.1, 0.15) is 57.5 Å². The second-order valence-electron chi connectivity index (χ2n) is 7.18. The van der Waals surface area contributed by atoms with Crippen LogP contribution in [0.4, 0.5) is 0 Å². The van der Waals surface area contributed by atoms with Gasteiger partial charge in [-0.05, 0) is 58.2 Å². The van der Waals surface area contributed by atoms with Crippen LogP contribution in [0.15, 0.2) is 22.8 Å². The highest BCUT2D eigenvalue weighted by molar-refractivity contribution is 6.07. The third-order valence-corrected chi connectivity index (χ3v) is 5.12. The van der Waals surface area contributed by atoms with Gasteiger partial charge in [-0.1, -0.05) is 21.9 Å². The van der Waals surface area contributed by atoms with Crippen molar-refractivity contribution in [1.29, 1.82) is 0 Å². The molecule has 0 N–H and O–H groups in total. The molecular formula is C20H22N4O2. The van der Waals surface area contributed by atoms with Crippen molar-refractivity contribution in [3.8, 4) is 0 Å². The Bertz CT molecular complexity index is 1010. The highest BCUT2D eigenvalue weighted by Crippen LogP contribution is 2.34. The summed E-state index contributed by atoms with van der Waals surface area (Å²) >= 11 is 0. The number of benzene rings is 1. The molecule has 3 aromatic rings. The fraction of sp³-hybridized carbons (Fsp3) is 0.400. The fourth-order valence-electron chi connectivity index (χ4n) is 3.98. The van der Waals surface area contributed by atoms with Gasteiger partial charge in [0, 0.05) is 17.6 Å². The number of rotatable bonds is 2. The Kier molecular flexibility index (Phi) is 3.98. The monoisotopic (exact) mass is 350 g/mol. The maximum absolute atomic E-state index is 13.5. The minimum Gasteiger partial charge on any atom is -0.330 e. The zero-order valence-electron chi connectivity index (χ0n) is 15.5. The van der Waals surface area contributed by atoms with Crippen molar-refractivity contribution in [3.63, 3.8) is 0 Å². The van der Waals surface area contributed by atoms with E-state index in [1.54, 1.807) is 0 Å². The molecule has 3 heterocycles. The fourth-order valence-corrected chi connectivity index (χ4v) is 3.98. The van der Waals surface area contributed by atoms with E-state index >= 15 is 0 Å². The summed E-state index contributed by atoms with van der Waals surface area (Å²) in [6.07, 6.45) is 1.82. The number of aryl methyl sites for hydroxylation is 4. The normalized spacial score (nSPS) is 17.2. The number of fused-ring (bicyclic) bond motifs is 1. The Labute approximate surface area is 152 Å². The minimum absolute atomic E-state index is 0.0235. The van der Waals surface area contributed by atoms with Gasteiger partial charge in [0.2, 0.25) is 0 Å². The first-order valence-corrected chi connectivity index (χ1v) is 8.94. The number of amides is 1. The Balaban J connectivity index is 1.82. The molecule has 1 atom stereocenters. The van der Waals surface area contributed by atoms with Crippen molar-refractivity contribution in [1.82, 2.24) is 20.2 Å². The smallest absolute Gasteiger partial charge is 0.255 e. The van der Waals surface area contributed by atoms with Crippen LogP contribution < -0.4 is 0 Å². The van der Waals surface area contributed by atoms with E-state index in [0.717, 1.165) is 52.0 Å². The molecule has 134 valence electrons. The molecule has 0 bridgehead atoms. The largest absolute Gasteiger partial charge is 0.330 e. The quantitative estimate of drug-likeness (QED) is 0.702. The number of nitrogens with zero attached hydrogens (tertiary/aromatic N) is 4. The van der Waals surface area contributed by atoms with E-state index in [9.17, 15) is 4.79 Å². The van der Waals surface area contributed by atoms with Crippen LogP contribution in [0.5, 0.6) is 0 Å². The van der Waals surface area contributed by atoms with Crippen molar-refractivity contribution >= 4 is 16.8 Å². The van der Waals surface area contributed by atoms with Gasteiger partial charge in [0.25, 0.3) is 5.91 Å². The lowest BCUT2D eigenvalue weighted by Crippen LogP contribution is -2.31. The molecule has 0 aliphatic carbocycles. The predicted octanol–water partition coefficient (Wildman–Crippen LogP) is 3.83. The number of carbonyl (C=O) groups is 1. The first-order chi connectivity index (χ1) is 12.5. The summed E-state index contributed by atoms with van der Waals surface area (Å²) in [5.41, 5.74) is 6.18. The van der Waals surface area contributed by atoms with Crippen molar-refractivity contribution in [2.24, 2.45) is 0 Å². The van der Waals surface area contributed by atoms with E-state index in [1.165, 1.54) is 0 Å². The molecule has 1 amide bonds. The van der Waals surface area contributed by atoms with Crippen LogP contribution in [0.3, 0.4) is 0 Å². The number of hydrogen-bond acceptors (Lipinski definition) is 5. The standard InChI is InChI=1S/C20H22N4O2/c1-11-8-12(2)18-15(9-11)16(10-13(3)21-18)20(25)24-7-5-6-17(24)19-14(4)22-26-23-19/h8-10,17H,5-7H2,1-4H3/t17-/m0/s1. The lowest BCUT2D eigenvalue weighted by Gasteiger charge is -2.24. The molecule has 2 aromatic heterocycles. The molecule has 0 saturated carbocycles. The number of carbonyl (C=O) groups excluding carboxylic acids is 1. The Morgan fingerprint density at radius 2 is 1.96 bits per heavy atom. The highest BCUT2D eigenvalue weighted by Gasteiger charge is 2.34. The maximum Gasteiger partial charge on any atom is 0.255 e. The molecule has 0 spiro atoms. The topological polar surface area (TPSA) is 72.1 Å². The lowest BCUT2D eigenvalue weighted by molar-refractivity contribution is 0.0732. The number of likely N-dealkylation sites (tertiary alicyclic amines) is 1. The summed E-state index contributed by atoms with van der Waals surface area (Å²) in [7, 11) is 0. The van der Waals surface area contributed by atoms with Crippen molar-refractivity contribution in [3.05, 3.63) is 52.0 Å². The van der Waals surface area contributed by atoms with Crippen LogP contribution >= 0.6 is 0 Å². The summed E-state index contributed by atoms with van der Waals surface area (Å²) in [5, 5.41) is 8.84. The van der Waals surface area contributed by atoms with Crippen LogP contribution in [-0.4, -0.2) is 32.6 Å². The van der Waals surface area contributed by atoms with E-state index < -0.39 is 0 Å². The van der Waals surface area contributed by atoms with Gasteiger partial charge in [0.15, 0.2) is 0 Å². The molecule has 0 unspecified atom stereocenters. The Morgan fingerprint density at radius 3 is 2.69 bits per heavy atom. The molecule has 1 aliphatic heterocycles. The second-order valence-corrected chi connectivity index (χ2v) is 7.18. The van der Waals surface area contributed by atoms with Gasteiger partial charge >= 0.3 is 0 Å². The van der Waals surface area contributed by atoms with Gasteiger partial charge in [-0.3, -0.25) is 9.78 Å². The van der Waals surface area contributed by atoms with Gasteiger partial charge in [0.1, 0.15) is 11.4 Å². The number of pyridine rings is 1. The van der Waals surface area contributed by atoms with Gasteiger partial charge in [-0.25, -0.2) is 4.63 Å². The number of aromatic nitrogens is 3. The highest BCUT2D eigenvalue weighted by atomic mass is 16.6. The lowest BCUT2D eigenvalue weighted by atomic mass is 10.0.